The van der Waals surface area contributed by atoms with Gasteiger partial charge in [-0.15, -0.1) is 0 Å². The SMILES string of the molecule is CC(=O)Nc1ccc(NC(=O)c2cc(=O)n3c(nc4ccccc43)s2)cc1. The average molecular weight is 378 g/mol. The lowest BCUT2D eigenvalue weighted by Gasteiger charge is -2.07. The van der Waals surface area contributed by atoms with Crippen molar-refractivity contribution in [1.29, 1.82) is 0 Å². The van der Waals surface area contributed by atoms with Crippen molar-refractivity contribution < 1.29 is 9.59 Å². The molecule has 0 spiro atoms. The molecule has 8 heteroatoms. The van der Waals surface area contributed by atoms with Gasteiger partial charge in [-0.3, -0.25) is 18.8 Å². The number of aromatic nitrogens is 2. The maximum atomic E-state index is 12.5. The summed E-state index contributed by atoms with van der Waals surface area (Å²) in [5.41, 5.74) is 2.31. The summed E-state index contributed by atoms with van der Waals surface area (Å²) in [5, 5.41) is 5.40. The highest BCUT2D eigenvalue weighted by Gasteiger charge is 2.14. The molecule has 7 nitrogen and oxygen atoms in total. The van der Waals surface area contributed by atoms with E-state index in [1.165, 1.54) is 17.4 Å². The minimum absolute atomic E-state index is 0.169. The summed E-state index contributed by atoms with van der Waals surface area (Å²) in [6.07, 6.45) is 0. The number of fused-ring (bicyclic) bond motifs is 3. The van der Waals surface area contributed by atoms with E-state index < -0.39 is 0 Å². The van der Waals surface area contributed by atoms with Gasteiger partial charge in [0.2, 0.25) is 5.91 Å². The molecule has 0 saturated heterocycles. The van der Waals surface area contributed by atoms with Gasteiger partial charge in [0.1, 0.15) is 4.88 Å². The number of hydrogen-bond acceptors (Lipinski definition) is 5. The zero-order chi connectivity index (χ0) is 19.0. The fraction of sp³-hybridized carbons (Fsp3) is 0.0526. The van der Waals surface area contributed by atoms with Crippen LogP contribution in [0, 0.1) is 0 Å². The number of anilines is 2. The van der Waals surface area contributed by atoms with Gasteiger partial charge in [0.05, 0.1) is 11.0 Å². The van der Waals surface area contributed by atoms with E-state index in [4.69, 9.17) is 0 Å². The zero-order valence-corrected chi connectivity index (χ0v) is 15.0. The van der Waals surface area contributed by atoms with Crippen molar-refractivity contribution in [3.8, 4) is 0 Å². The van der Waals surface area contributed by atoms with Crippen molar-refractivity contribution in [2.75, 3.05) is 10.6 Å². The predicted octanol–water partition coefficient (Wildman–Crippen LogP) is 3.12. The fourth-order valence-corrected chi connectivity index (χ4v) is 3.66. The van der Waals surface area contributed by atoms with Gasteiger partial charge >= 0.3 is 0 Å². The first-order chi connectivity index (χ1) is 13.0. The van der Waals surface area contributed by atoms with E-state index in [9.17, 15) is 14.4 Å². The number of rotatable bonds is 3. The molecule has 4 aromatic rings. The summed E-state index contributed by atoms with van der Waals surface area (Å²) in [5.74, 6) is -0.559. The van der Waals surface area contributed by atoms with Crippen molar-refractivity contribution in [2.24, 2.45) is 0 Å². The molecular weight excluding hydrogens is 364 g/mol. The molecule has 0 saturated carbocycles. The first-order valence-electron chi connectivity index (χ1n) is 8.11. The van der Waals surface area contributed by atoms with Crippen molar-refractivity contribution in [1.82, 2.24) is 9.38 Å². The third-order valence-corrected chi connectivity index (χ3v) is 4.87. The van der Waals surface area contributed by atoms with Crippen LogP contribution in [0.25, 0.3) is 16.0 Å². The second kappa shape index (κ2) is 6.65. The number of hydrogen-bond donors (Lipinski definition) is 2. The minimum atomic E-state index is -0.390. The molecule has 0 aliphatic rings. The second-order valence-corrected chi connectivity index (χ2v) is 6.89. The smallest absolute Gasteiger partial charge is 0.266 e. The van der Waals surface area contributed by atoms with Gasteiger partial charge in [-0.1, -0.05) is 23.5 Å². The number of imidazole rings is 1. The molecule has 2 amide bonds. The zero-order valence-electron chi connectivity index (χ0n) is 14.2. The molecule has 0 aliphatic carbocycles. The highest BCUT2D eigenvalue weighted by molar-refractivity contribution is 7.18. The van der Waals surface area contributed by atoms with Crippen LogP contribution in [0.4, 0.5) is 11.4 Å². The normalized spacial score (nSPS) is 10.9. The Labute approximate surface area is 157 Å². The topological polar surface area (TPSA) is 92.6 Å². The highest BCUT2D eigenvalue weighted by atomic mass is 32.1. The molecular formula is C19H14N4O3S. The van der Waals surface area contributed by atoms with Crippen LogP contribution in [0.5, 0.6) is 0 Å². The molecule has 2 N–H and O–H groups in total. The Balaban J connectivity index is 1.63. The van der Waals surface area contributed by atoms with Crippen LogP contribution < -0.4 is 16.2 Å². The number of benzene rings is 2. The van der Waals surface area contributed by atoms with Gasteiger partial charge in [-0.25, -0.2) is 4.98 Å². The predicted molar refractivity (Wildman–Crippen MR) is 106 cm³/mol. The first-order valence-corrected chi connectivity index (χ1v) is 8.93. The number of carbonyl (C=O) groups is 2. The molecule has 2 aromatic carbocycles. The van der Waals surface area contributed by atoms with Crippen LogP contribution in [0.1, 0.15) is 16.6 Å². The van der Waals surface area contributed by atoms with E-state index in [2.05, 4.69) is 15.6 Å². The van der Waals surface area contributed by atoms with Gasteiger partial charge in [0.25, 0.3) is 11.5 Å². The maximum absolute atomic E-state index is 12.5. The van der Waals surface area contributed by atoms with Gasteiger partial charge in [-0.05, 0) is 36.4 Å². The van der Waals surface area contributed by atoms with Gasteiger partial charge in [-0.2, -0.15) is 0 Å². The molecule has 0 fully saturated rings. The van der Waals surface area contributed by atoms with Crippen molar-refractivity contribution >= 4 is 50.5 Å². The van der Waals surface area contributed by atoms with Crippen molar-refractivity contribution in [2.45, 2.75) is 6.92 Å². The monoisotopic (exact) mass is 378 g/mol. The van der Waals surface area contributed by atoms with E-state index in [0.29, 0.717) is 27.4 Å². The third kappa shape index (κ3) is 3.30. The Morgan fingerprint density at radius 3 is 2.37 bits per heavy atom. The average Bonchev–Trinajstić information content (AvgIpc) is 3.01. The Hall–Kier alpha value is -3.52. The van der Waals surface area contributed by atoms with Crippen LogP contribution in [0.3, 0.4) is 0 Å². The molecule has 0 atom stereocenters. The van der Waals surface area contributed by atoms with Crippen molar-refractivity contribution in [3.63, 3.8) is 0 Å². The molecule has 0 radical (unpaired) electrons. The fourth-order valence-electron chi connectivity index (χ4n) is 2.73. The van der Waals surface area contributed by atoms with Gasteiger partial charge in [0.15, 0.2) is 4.96 Å². The Morgan fingerprint density at radius 2 is 1.67 bits per heavy atom. The summed E-state index contributed by atoms with van der Waals surface area (Å²) < 4.78 is 1.50. The van der Waals surface area contributed by atoms with E-state index in [0.717, 1.165) is 11.3 Å². The molecule has 0 unspecified atom stereocenters. The molecule has 4 rings (SSSR count). The van der Waals surface area contributed by atoms with Crippen LogP contribution in [0.15, 0.2) is 59.4 Å². The molecule has 134 valence electrons. The number of para-hydroxylation sites is 2. The van der Waals surface area contributed by atoms with Gasteiger partial charge in [0, 0.05) is 24.4 Å². The van der Waals surface area contributed by atoms with Crippen LogP contribution in [0.2, 0.25) is 0 Å². The van der Waals surface area contributed by atoms with Crippen LogP contribution >= 0.6 is 11.3 Å². The Kier molecular flexibility index (Phi) is 4.17. The Morgan fingerprint density at radius 1 is 1.00 bits per heavy atom. The van der Waals surface area contributed by atoms with Crippen LogP contribution in [-0.2, 0) is 4.79 Å². The molecule has 0 bridgehead atoms. The summed E-state index contributed by atoms with van der Waals surface area (Å²) in [7, 11) is 0. The quantitative estimate of drug-likeness (QED) is 0.573. The lowest BCUT2D eigenvalue weighted by molar-refractivity contribution is -0.114. The molecule has 2 aromatic heterocycles. The van der Waals surface area contributed by atoms with Gasteiger partial charge < -0.3 is 10.6 Å². The van der Waals surface area contributed by atoms with E-state index in [-0.39, 0.29) is 22.3 Å². The molecule has 0 aliphatic heterocycles. The Bertz CT molecular complexity index is 1240. The summed E-state index contributed by atoms with van der Waals surface area (Å²) in [6.45, 7) is 1.42. The number of amides is 2. The van der Waals surface area contributed by atoms with E-state index in [1.807, 2.05) is 24.3 Å². The minimum Gasteiger partial charge on any atom is -0.326 e. The number of nitrogens with one attached hydrogen (secondary N) is 2. The second-order valence-electron chi connectivity index (χ2n) is 5.88. The van der Waals surface area contributed by atoms with E-state index >= 15 is 0 Å². The third-order valence-electron chi connectivity index (χ3n) is 3.89. The number of nitrogens with zero attached hydrogens (tertiary/aromatic N) is 2. The molecule has 2 heterocycles. The van der Waals surface area contributed by atoms with Crippen molar-refractivity contribution in [3.05, 3.63) is 69.8 Å². The summed E-state index contributed by atoms with van der Waals surface area (Å²) >= 11 is 1.15. The number of carbonyl (C=O) groups excluding carboxylic acids is 2. The highest BCUT2D eigenvalue weighted by Crippen LogP contribution is 2.20. The maximum Gasteiger partial charge on any atom is 0.266 e. The largest absolute Gasteiger partial charge is 0.326 e. The first kappa shape index (κ1) is 16.9. The van der Waals surface area contributed by atoms with E-state index in [1.54, 1.807) is 24.3 Å². The molecule has 27 heavy (non-hydrogen) atoms. The lowest BCUT2D eigenvalue weighted by atomic mass is 10.2. The summed E-state index contributed by atoms with van der Waals surface area (Å²) in [6, 6.07) is 15.4. The lowest BCUT2D eigenvalue weighted by Crippen LogP contribution is -2.17. The van der Waals surface area contributed by atoms with Crippen LogP contribution in [-0.4, -0.2) is 21.2 Å². The standard InChI is InChI=1S/C19H14N4O3S/c1-11(24)20-12-6-8-13(9-7-12)21-18(26)16-10-17(25)23-15-5-3-2-4-14(15)22-19(23)27-16/h2-10H,1H3,(H,20,24)(H,21,26). The summed E-state index contributed by atoms with van der Waals surface area (Å²) in [4.78, 5) is 41.2.